The maximum absolute atomic E-state index is 12.1. The zero-order chi connectivity index (χ0) is 13.5. The second-order valence-corrected chi connectivity index (χ2v) is 5.46. The van der Waals surface area contributed by atoms with E-state index in [1.807, 2.05) is 19.2 Å². The van der Waals surface area contributed by atoms with Crippen LogP contribution in [-0.2, 0) is 6.42 Å². The zero-order valence-electron chi connectivity index (χ0n) is 12.1. The number of likely N-dealkylation sites (N-methyl/N-ethyl adjacent to an activating group) is 1. The van der Waals surface area contributed by atoms with Crippen LogP contribution in [0.25, 0.3) is 0 Å². The minimum absolute atomic E-state index is 0.209. The third-order valence-electron chi connectivity index (χ3n) is 2.90. The van der Waals surface area contributed by atoms with E-state index in [-0.39, 0.29) is 5.78 Å². The molecule has 0 aromatic heterocycles. The molecular weight excluding hydrogens is 222 g/mol. The number of carbonyl (C=O) groups is 1. The molecule has 0 radical (unpaired) electrons. The van der Waals surface area contributed by atoms with Crippen LogP contribution in [0.4, 0.5) is 0 Å². The lowest BCUT2D eigenvalue weighted by atomic mass is 10.0. The van der Waals surface area contributed by atoms with Gasteiger partial charge in [-0.25, -0.2) is 0 Å². The first-order chi connectivity index (χ1) is 8.52. The molecule has 0 bridgehead atoms. The van der Waals surface area contributed by atoms with Crippen LogP contribution in [0.15, 0.2) is 24.3 Å². The third-order valence-corrected chi connectivity index (χ3v) is 2.90. The summed E-state index contributed by atoms with van der Waals surface area (Å²) in [5.74, 6) is 0.802. The molecule has 1 rings (SSSR count). The number of hydrogen-bond acceptors (Lipinski definition) is 2. The lowest BCUT2D eigenvalue weighted by Crippen LogP contribution is -2.29. The van der Waals surface area contributed by atoms with Crippen molar-refractivity contribution in [2.75, 3.05) is 20.1 Å². The van der Waals surface area contributed by atoms with Crippen LogP contribution >= 0.6 is 0 Å². The minimum Gasteiger partial charge on any atom is -0.299 e. The van der Waals surface area contributed by atoms with Crippen molar-refractivity contribution in [1.29, 1.82) is 0 Å². The van der Waals surface area contributed by atoms with E-state index in [9.17, 15) is 4.79 Å². The molecule has 0 aliphatic rings. The maximum atomic E-state index is 12.1. The molecule has 2 heteroatoms. The van der Waals surface area contributed by atoms with Crippen LogP contribution in [0.3, 0.4) is 0 Å². The van der Waals surface area contributed by atoms with Gasteiger partial charge in [-0.2, -0.15) is 0 Å². The number of aryl methyl sites for hydroxylation is 1. The predicted octanol–water partition coefficient (Wildman–Crippen LogP) is 3.41. The Morgan fingerprint density at radius 2 is 1.83 bits per heavy atom. The Bertz CT molecular complexity index is 367. The number of carbonyl (C=O) groups excluding carboxylic acids is 1. The molecule has 0 spiro atoms. The summed E-state index contributed by atoms with van der Waals surface area (Å²) < 4.78 is 0. The van der Waals surface area contributed by atoms with Crippen LogP contribution in [-0.4, -0.2) is 30.8 Å². The maximum Gasteiger partial charge on any atom is 0.176 e. The molecule has 0 aliphatic carbocycles. The van der Waals surface area contributed by atoms with E-state index in [2.05, 4.69) is 37.8 Å². The van der Waals surface area contributed by atoms with Crippen LogP contribution < -0.4 is 0 Å². The summed E-state index contributed by atoms with van der Waals surface area (Å²) in [5.41, 5.74) is 2.13. The van der Waals surface area contributed by atoms with E-state index < -0.39 is 0 Å². The highest BCUT2D eigenvalue weighted by atomic mass is 16.1. The van der Waals surface area contributed by atoms with Gasteiger partial charge in [-0.05, 0) is 24.9 Å². The normalized spacial score (nSPS) is 11.2. The Labute approximate surface area is 111 Å². The Balaban J connectivity index is 2.56. The topological polar surface area (TPSA) is 20.3 Å². The van der Waals surface area contributed by atoms with Gasteiger partial charge in [0.2, 0.25) is 0 Å². The van der Waals surface area contributed by atoms with E-state index in [1.165, 1.54) is 5.56 Å². The number of rotatable bonds is 7. The molecule has 1 aromatic carbocycles. The molecule has 0 unspecified atom stereocenters. The van der Waals surface area contributed by atoms with Gasteiger partial charge in [-0.15, -0.1) is 0 Å². The molecule has 0 saturated heterocycles. The second-order valence-electron chi connectivity index (χ2n) is 5.46. The molecule has 18 heavy (non-hydrogen) atoms. The fourth-order valence-corrected chi connectivity index (χ4v) is 2.17. The predicted molar refractivity (Wildman–Crippen MR) is 77.1 cm³/mol. The van der Waals surface area contributed by atoms with Crippen molar-refractivity contribution < 1.29 is 4.79 Å². The number of ketones is 1. The smallest absolute Gasteiger partial charge is 0.176 e. The standard InChI is InChI=1S/C16H25NO/c1-5-6-14-7-9-15(10-8-14)16(18)12-17(4)11-13(2)3/h7-10,13H,5-6,11-12H2,1-4H3. The Morgan fingerprint density at radius 1 is 1.22 bits per heavy atom. The van der Waals surface area contributed by atoms with Gasteiger partial charge in [0.05, 0.1) is 6.54 Å². The van der Waals surface area contributed by atoms with Crippen molar-refractivity contribution in [3.05, 3.63) is 35.4 Å². The monoisotopic (exact) mass is 247 g/mol. The van der Waals surface area contributed by atoms with Crippen molar-refractivity contribution in [1.82, 2.24) is 4.90 Å². The molecule has 0 aliphatic heterocycles. The van der Waals surface area contributed by atoms with Gasteiger partial charge in [0, 0.05) is 12.1 Å². The highest BCUT2D eigenvalue weighted by molar-refractivity contribution is 5.97. The van der Waals surface area contributed by atoms with Crippen LogP contribution in [0.1, 0.15) is 43.1 Å². The lowest BCUT2D eigenvalue weighted by molar-refractivity contribution is 0.0940. The second kappa shape index (κ2) is 7.32. The fourth-order valence-electron chi connectivity index (χ4n) is 2.17. The first kappa shape index (κ1) is 14.9. The summed E-state index contributed by atoms with van der Waals surface area (Å²) in [5, 5.41) is 0. The van der Waals surface area contributed by atoms with Crippen molar-refractivity contribution in [2.24, 2.45) is 5.92 Å². The van der Waals surface area contributed by atoms with E-state index in [4.69, 9.17) is 0 Å². The first-order valence-electron chi connectivity index (χ1n) is 6.83. The molecular formula is C16H25NO. The van der Waals surface area contributed by atoms with Crippen molar-refractivity contribution in [3.8, 4) is 0 Å². The van der Waals surface area contributed by atoms with E-state index in [0.717, 1.165) is 24.9 Å². The van der Waals surface area contributed by atoms with Crippen molar-refractivity contribution in [2.45, 2.75) is 33.6 Å². The van der Waals surface area contributed by atoms with Gasteiger partial charge in [0.1, 0.15) is 0 Å². The van der Waals surface area contributed by atoms with Gasteiger partial charge < -0.3 is 0 Å². The SMILES string of the molecule is CCCc1ccc(C(=O)CN(C)CC(C)C)cc1. The average Bonchev–Trinajstić information content (AvgIpc) is 2.29. The van der Waals surface area contributed by atoms with Crippen LogP contribution in [0.2, 0.25) is 0 Å². The fraction of sp³-hybridized carbons (Fsp3) is 0.562. The summed E-state index contributed by atoms with van der Waals surface area (Å²) in [6, 6.07) is 8.05. The molecule has 0 atom stereocenters. The van der Waals surface area contributed by atoms with E-state index in [1.54, 1.807) is 0 Å². The van der Waals surface area contributed by atoms with Gasteiger partial charge >= 0.3 is 0 Å². The molecule has 0 saturated carbocycles. The molecule has 2 nitrogen and oxygen atoms in total. The van der Waals surface area contributed by atoms with Crippen molar-refractivity contribution >= 4 is 5.78 Å². The highest BCUT2D eigenvalue weighted by Gasteiger charge is 2.10. The van der Waals surface area contributed by atoms with Gasteiger partial charge in [0.15, 0.2) is 5.78 Å². The zero-order valence-corrected chi connectivity index (χ0v) is 12.1. The quantitative estimate of drug-likeness (QED) is 0.688. The first-order valence-corrected chi connectivity index (χ1v) is 6.83. The largest absolute Gasteiger partial charge is 0.299 e. The Morgan fingerprint density at radius 3 is 2.33 bits per heavy atom. The minimum atomic E-state index is 0.209. The third kappa shape index (κ3) is 5.01. The number of hydrogen-bond donors (Lipinski definition) is 0. The summed E-state index contributed by atoms with van der Waals surface area (Å²) >= 11 is 0. The van der Waals surface area contributed by atoms with E-state index in [0.29, 0.717) is 12.5 Å². The van der Waals surface area contributed by atoms with Crippen LogP contribution in [0.5, 0.6) is 0 Å². The molecule has 1 aromatic rings. The number of benzene rings is 1. The molecule has 0 fully saturated rings. The molecule has 100 valence electrons. The van der Waals surface area contributed by atoms with Gasteiger partial charge in [-0.1, -0.05) is 51.5 Å². The lowest BCUT2D eigenvalue weighted by Gasteiger charge is -2.17. The average molecular weight is 247 g/mol. The molecule has 0 heterocycles. The van der Waals surface area contributed by atoms with Gasteiger partial charge in [0.25, 0.3) is 0 Å². The molecule has 0 N–H and O–H groups in total. The highest BCUT2D eigenvalue weighted by Crippen LogP contribution is 2.08. The van der Waals surface area contributed by atoms with E-state index >= 15 is 0 Å². The summed E-state index contributed by atoms with van der Waals surface area (Å²) in [6.45, 7) is 7.96. The summed E-state index contributed by atoms with van der Waals surface area (Å²) in [4.78, 5) is 14.2. The summed E-state index contributed by atoms with van der Waals surface area (Å²) in [7, 11) is 2.00. The summed E-state index contributed by atoms with van der Waals surface area (Å²) in [6.07, 6.45) is 2.23. The molecule has 0 amide bonds. The van der Waals surface area contributed by atoms with Gasteiger partial charge in [-0.3, -0.25) is 9.69 Å². The Kier molecular flexibility index (Phi) is 6.06. The number of Topliss-reactive ketones (excluding diaryl/α,β-unsaturated/α-hetero) is 1. The van der Waals surface area contributed by atoms with Crippen molar-refractivity contribution in [3.63, 3.8) is 0 Å². The number of nitrogens with zero attached hydrogens (tertiary/aromatic N) is 1. The Hall–Kier alpha value is -1.15. The van der Waals surface area contributed by atoms with Crippen LogP contribution in [0, 0.1) is 5.92 Å².